The maximum absolute atomic E-state index is 2.45. The largest absolute Gasteiger partial charge is 0.104 e. The van der Waals surface area contributed by atoms with E-state index in [1.165, 1.54) is 0 Å². The second kappa shape index (κ2) is 3.37. The van der Waals surface area contributed by atoms with Crippen LogP contribution in [0.5, 0.6) is 0 Å². The van der Waals surface area contributed by atoms with Gasteiger partial charge < -0.3 is 0 Å². The summed E-state index contributed by atoms with van der Waals surface area (Å²) in [5.41, 5.74) is 4.86. The minimum absolute atomic E-state index is 0.113. The van der Waals surface area contributed by atoms with Crippen LogP contribution in [0, 0.1) is 0 Å². The molecule has 53 valence electrons. The highest BCUT2D eigenvalue weighted by atomic mass is 28.3. The molecule has 0 rings (SSSR count). The molecule has 0 unspecified atom stereocenters. The Bertz CT molecular complexity index is 98.0. The first-order chi connectivity index (χ1) is 3.92. The Morgan fingerprint density at radius 3 is 1.67 bits per heavy atom. The van der Waals surface area contributed by atoms with E-state index in [4.69, 9.17) is 0 Å². The summed E-state index contributed by atoms with van der Waals surface area (Å²) >= 11 is 0. The first-order valence-corrected chi connectivity index (χ1v) is 9.57. The van der Waals surface area contributed by atoms with Crippen molar-refractivity contribution in [3.8, 4) is 0 Å². The molecule has 0 spiro atoms. The zero-order valence-electron chi connectivity index (χ0n) is 7.15. The van der Waals surface area contributed by atoms with Crippen molar-refractivity contribution < 1.29 is 0 Å². The molecule has 0 atom stereocenters. The molecule has 2 heteroatoms. The molecule has 1 radical (unpaired) electrons. The molecule has 0 aromatic rings. The molecule has 0 N–H and O–H groups in total. The van der Waals surface area contributed by atoms with Gasteiger partial charge in [0, 0.05) is 0 Å². The Labute approximate surface area is 61.6 Å². The quantitative estimate of drug-likeness (QED) is 0.541. The van der Waals surface area contributed by atoms with E-state index in [1.54, 1.807) is 0 Å². The average molecular weight is 157 g/mol. The normalized spacial score (nSPS) is 13.6. The van der Waals surface area contributed by atoms with Crippen molar-refractivity contribution in [2.45, 2.75) is 32.7 Å². The fourth-order valence-corrected chi connectivity index (χ4v) is 3.75. The van der Waals surface area contributed by atoms with Crippen LogP contribution in [0.4, 0.5) is 0 Å². The van der Waals surface area contributed by atoms with Gasteiger partial charge >= 0.3 is 0 Å². The first kappa shape index (κ1) is 9.17. The summed E-state index contributed by atoms with van der Waals surface area (Å²) in [6, 6.07) is 0. The third kappa shape index (κ3) is 8.17. The molecule has 0 fully saturated rings. The van der Waals surface area contributed by atoms with E-state index in [9.17, 15) is 0 Å². The number of hydrogen-bond acceptors (Lipinski definition) is 0. The Morgan fingerprint density at radius 2 is 1.56 bits per heavy atom. The molecular formula is C7H17Si2. The molecule has 0 aliphatic rings. The van der Waals surface area contributed by atoms with Crippen LogP contribution >= 0.6 is 0 Å². The summed E-state index contributed by atoms with van der Waals surface area (Å²) in [6.07, 6.45) is 0. The van der Waals surface area contributed by atoms with E-state index < -0.39 is 8.07 Å². The van der Waals surface area contributed by atoms with Crippen LogP contribution in [0.2, 0.25) is 32.7 Å². The molecule has 0 nitrogen and oxygen atoms in total. The van der Waals surface area contributed by atoms with Gasteiger partial charge in [-0.2, -0.15) is 0 Å². The maximum Gasteiger partial charge on any atom is 0.0683 e. The minimum Gasteiger partial charge on any atom is -0.104 e. The van der Waals surface area contributed by atoms with Crippen molar-refractivity contribution in [2.24, 2.45) is 0 Å². The molecule has 0 bridgehead atoms. The average Bonchev–Trinajstić information content (AvgIpc) is 1.59. The second-order valence-electron chi connectivity index (χ2n) is 3.78. The highest BCUT2D eigenvalue weighted by Crippen LogP contribution is 2.01. The van der Waals surface area contributed by atoms with Crippen molar-refractivity contribution in [3.05, 3.63) is 11.4 Å². The lowest BCUT2D eigenvalue weighted by Crippen LogP contribution is -2.16. The Kier molecular flexibility index (Phi) is 3.43. The Morgan fingerprint density at radius 1 is 1.11 bits per heavy atom. The van der Waals surface area contributed by atoms with E-state index >= 15 is 0 Å². The van der Waals surface area contributed by atoms with Crippen molar-refractivity contribution in [1.29, 1.82) is 0 Å². The lowest BCUT2D eigenvalue weighted by Gasteiger charge is -2.08. The Balaban J connectivity index is 3.71. The highest BCUT2D eigenvalue weighted by Gasteiger charge is 2.06. The molecule has 0 aromatic carbocycles. The first-order valence-electron chi connectivity index (χ1n) is 3.41. The van der Waals surface area contributed by atoms with Gasteiger partial charge in [-0.3, -0.25) is 0 Å². The fourth-order valence-electron chi connectivity index (χ4n) is 0.417. The summed E-state index contributed by atoms with van der Waals surface area (Å²) in [5, 5.41) is 0. The lowest BCUT2D eigenvalue weighted by atomic mass is 11.2. The van der Waals surface area contributed by atoms with Gasteiger partial charge in [-0.25, -0.2) is 0 Å². The summed E-state index contributed by atoms with van der Waals surface area (Å²) in [4.78, 5) is 0. The van der Waals surface area contributed by atoms with E-state index in [0.29, 0.717) is 0 Å². The summed E-state index contributed by atoms with van der Waals surface area (Å²) in [6.45, 7) is 11.7. The predicted octanol–water partition coefficient (Wildman–Crippen LogP) is 2.71. The van der Waals surface area contributed by atoms with Gasteiger partial charge in [0.15, 0.2) is 0 Å². The highest BCUT2D eigenvalue weighted by molar-refractivity contribution is 6.82. The van der Waals surface area contributed by atoms with Gasteiger partial charge in [0.05, 0.1) is 16.9 Å². The van der Waals surface area contributed by atoms with Gasteiger partial charge in [0.25, 0.3) is 0 Å². The second-order valence-corrected chi connectivity index (χ2v) is 11.3. The number of hydrogen-bond donors (Lipinski definition) is 0. The summed E-state index contributed by atoms with van der Waals surface area (Å²) in [5.74, 6) is 0. The molecule has 0 saturated carbocycles. The van der Waals surface area contributed by atoms with Gasteiger partial charge in [0.2, 0.25) is 0 Å². The third-order valence-corrected chi connectivity index (χ3v) is 3.25. The van der Waals surface area contributed by atoms with Gasteiger partial charge in [-0.05, 0) is 0 Å². The van der Waals surface area contributed by atoms with Crippen LogP contribution in [0.15, 0.2) is 11.4 Å². The topological polar surface area (TPSA) is 0 Å². The zero-order chi connectivity index (χ0) is 7.49. The van der Waals surface area contributed by atoms with Crippen LogP contribution in [0.25, 0.3) is 0 Å². The molecule has 0 saturated heterocycles. The smallest absolute Gasteiger partial charge is 0.0683 e. The fraction of sp³-hybridized carbons (Fsp3) is 0.714. The van der Waals surface area contributed by atoms with Crippen molar-refractivity contribution in [3.63, 3.8) is 0 Å². The molecule has 9 heavy (non-hydrogen) atoms. The van der Waals surface area contributed by atoms with E-state index in [2.05, 4.69) is 44.1 Å². The molecule has 0 heterocycles. The standard InChI is InChI=1S/C7H17Si2/c1-8(2)6-7-9(3,4)5/h6-7H,1-5H3. The molecule has 0 aliphatic heterocycles. The SMILES string of the molecule is C[Si](C)C=C[Si](C)(C)C. The van der Waals surface area contributed by atoms with Gasteiger partial charge in [0.1, 0.15) is 0 Å². The van der Waals surface area contributed by atoms with Crippen LogP contribution in [-0.4, -0.2) is 16.9 Å². The summed E-state index contributed by atoms with van der Waals surface area (Å²) in [7, 11) is -0.988. The van der Waals surface area contributed by atoms with Crippen LogP contribution < -0.4 is 0 Å². The third-order valence-electron chi connectivity index (χ3n) is 0.917. The molecule has 0 amide bonds. The summed E-state index contributed by atoms with van der Waals surface area (Å²) < 4.78 is 0. The maximum atomic E-state index is 2.45. The number of rotatable bonds is 2. The molecule has 0 aromatic heterocycles. The van der Waals surface area contributed by atoms with Crippen molar-refractivity contribution in [2.75, 3.05) is 0 Å². The van der Waals surface area contributed by atoms with E-state index in [0.717, 1.165) is 0 Å². The van der Waals surface area contributed by atoms with Crippen molar-refractivity contribution in [1.82, 2.24) is 0 Å². The Hall–Kier alpha value is 0.174. The zero-order valence-corrected chi connectivity index (χ0v) is 9.15. The minimum atomic E-state index is -0.875. The monoisotopic (exact) mass is 157 g/mol. The lowest BCUT2D eigenvalue weighted by molar-refractivity contribution is 1.77. The van der Waals surface area contributed by atoms with Crippen LogP contribution in [0.1, 0.15) is 0 Å². The van der Waals surface area contributed by atoms with Crippen molar-refractivity contribution >= 4 is 16.9 Å². The van der Waals surface area contributed by atoms with Gasteiger partial charge in [-0.15, -0.1) is 11.4 Å². The molecular weight excluding hydrogens is 140 g/mol. The molecule has 0 aliphatic carbocycles. The van der Waals surface area contributed by atoms with Crippen LogP contribution in [0.3, 0.4) is 0 Å². The van der Waals surface area contributed by atoms with E-state index in [-0.39, 0.29) is 8.80 Å². The van der Waals surface area contributed by atoms with Gasteiger partial charge in [-0.1, -0.05) is 32.7 Å². The predicted molar refractivity (Wildman–Crippen MR) is 50.0 cm³/mol. The van der Waals surface area contributed by atoms with Crippen LogP contribution in [-0.2, 0) is 0 Å². The van der Waals surface area contributed by atoms with E-state index in [1.807, 2.05) is 0 Å².